The van der Waals surface area contributed by atoms with Crippen molar-refractivity contribution in [1.29, 1.82) is 0 Å². The number of carbonyl (C=O) groups excluding carboxylic acids is 1. The lowest BCUT2D eigenvalue weighted by atomic mass is 10.0. The first kappa shape index (κ1) is 20.2. The highest BCUT2D eigenvalue weighted by molar-refractivity contribution is 5.81. The Labute approximate surface area is 132 Å². The summed E-state index contributed by atoms with van der Waals surface area (Å²) in [5, 5.41) is 0. The Hall–Kier alpha value is -0.790. The number of unbranched alkanes of at least 4 members (excludes halogenated alkanes) is 12. The van der Waals surface area contributed by atoms with E-state index in [2.05, 4.69) is 6.92 Å². The minimum atomic E-state index is -0.212. The molecule has 2 nitrogen and oxygen atoms in total. The van der Waals surface area contributed by atoms with Crippen molar-refractivity contribution in [2.75, 3.05) is 6.61 Å². The van der Waals surface area contributed by atoms with Gasteiger partial charge in [-0.1, -0.05) is 83.6 Å². The Morgan fingerprint density at radius 1 is 0.762 bits per heavy atom. The zero-order chi connectivity index (χ0) is 15.6. The predicted octanol–water partition coefficient (Wildman–Crippen LogP) is 6.20. The molecule has 2 heteroatoms. The minimum Gasteiger partial charge on any atom is -0.463 e. The van der Waals surface area contributed by atoms with Gasteiger partial charge in [-0.05, 0) is 19.8 Å². The van der Waals surface area contributed by atoms with Gasteiger partial charge in [-0.3, -0.25) is 0 Å². The van der Waals surface area contributed by atoms with Crippen molar-refractivity contribution in [1.82, 2.24) is 0 Å². The maximum absolute atomic E-state index is 11.1. The molecule has 0 aliphatic carbocycles. The number of allylic oxidation sites excluding steroid dienone is 1. The van der Waals surface area contributed by atoms with Gasteiger partial charge in [0, 0.05) is 6.08 Å². The van der Waals surface area contributed by atoms with Crippen molar-refractivity contribution in [3.05, 3.63) is 12.2 Å². The molecule has 21 heavy (non-hydrogen) atoms. The lowest BCUT2D eigenvalue weighted by Gasteiger charge is -2.02. The normalized spacial score (nSPS) is 11.1. The third-order valence-corrected chi connectivity index (χ3v) is 3.76. The average molecular weight is 296 g/mol. The van der Waals surface area contributed by atoms with Gasteiger partial charge < -0.3 is 4.74 Å². The number of ether oxygens (including phenoxy) is 1. The molecule has 124 valence electrons. The van der Waals surface area contributed by atoms with E-state index in [9.17, 15) is 4.79 Å². The van der Waals surface area contributed by atoms with Crippen molar-refractivity contribution in [3.8, 4) is 0 Å². The number of carbonyl (C=O) groups is 1. The van der Waals surface area contributed by atoms with Crippen LogP contribution in [0.15, 0.2) is 12.2 Å². The molecule has 0 aromatic rings. The summed E-state index contributed by atoms with van der Waals surface area (Å²) in [6.07, 6.45) is 20.9. The Morgan fingerprint density at radius 3 is 1.71 bits per heavy atom. The Bertz CT molecular complexity index is 246. The summed E-state index contributed by atoms with van der Waals surface area (Å²) in [7, 11) is 0. The fourth-order valence-electron chi connectivity index (χ4n) is 2.47. The highest BCUT2D eigenvalue weighted by Gasteiger charge is 1.94. The third-order valence-electron chi connectivity index (χ3n) is 3.76. The predicted molar refractivity (Wildman–Crippen MR) is 91.5 cm³/mol. The summed E-state index contributed by atoms with van der Waals surface area (Å²) >= 11 is 0. The minimum absolute atomic E-state index is 0.212. The zero-order valence-corrected chi connectivity index (χ0v) is 14.4. The van der Waals surface area contributed by atoms with Gasteiger partial charge >= 0.3 is 5.97 Å². The molecule has 0 fully saturated rings. The molecule has 0 heterocycles. The molecule has 0 saturated carbocycles. The first-order valence-corrected chi connectivity index (χ1v) is 9.14. The summed E-state index contributed by atoms with van der Waals surface area (Å²) in [4.78, 5) is 11.1. The van der Waals surface area contributed by atoms with Crippen LogP contribution in [0.2, 0.25) is 0 Å². The maximum Gasteiger partial charge on any atom is 0.330 e. The fraction of sp³-hybridized carbons (Fsp3) is 0.842. The summed E-state index contributed by atoms with van der Waals surface area (Å²) in [5.74, 6) is -0.212. The van der Waals surface area contributed by atoms with Crippen LogP contribution in [0.1, 0.15) is 97.3 Å². The van der Waals surface area contributed by atoms with E-state index >= 15 is 0 Å². The van der Waals surface area contributed by atoms with Crippen LogP contribution in [0.5, 0.6) is 0 Å². The van der Waals surface area contributed by atoms with Gasteiger partial charge in [0.05, 0.1) is 6.61 Å². The third kappa shape index (κ3) is 17.2. The average Bonchev–Trinajstić information content (AvgIpc) is 2.48. The molecule has 0 aromatic carbocycles. The molecule has 0 aromatic heterocycles. The van der Waals surface area contributed by atoms with Crippen LogP contribution in [0.25, 0.3) is 0 Å². The zero-order valence-electron chi connectivity index (χ0n) is 14.4. The van der Waals surface area contributed by atoms with E-state index in [0.717, 1.165) is 6.42 Å². The molecule has 0 unspecified atom stereocenters. The molecule has 0 bridgehead atoms. The van der Waals surface area contributed by atoms with Crippen LogP contribution >= 0.6 is 0 Å². The molecule has 0 aliphatic heterocycles. The van der Waals surface area contributed by atoms with E-state index in [4.69, 9.17) is 4.74 Å². The van der Waals surface area contributed by atoms with Crippen LogP contribution in [0.3, 0.4) is 0 Å². The first-order valence-electron chi connectivity index (χ1n) is 9.14. The second kappa shape index (κ2) is 17.3. The second-order valence-electron chi connectivity index (χ2n) is 5.83. The lowest BCUT2D eigenvalue weighted by Crippen LogP contribution is -1.98. The summed E-state index contributed by atoms with van der Waals surface area (Å²) in [6, 6.07) is 0. The highest BCUT2D eigenvalue weighted by atomic mass is 16.5. The summed E-state index contributed by atoms with van der Waals surface area (Å²) in [5.41, 5.74) is 0. The molecule has 0 N–H and O–H groups in total. The van der Waals surface area contributed by atoms with E-state index in [1.54, 1.807) is 6.08 Å². The molecule has 0 atom stereocenters. The Morgan fingerprint density at radius 2 is 1.24 bits per heavy atom. The lowest BCUT2D eigenvalue weighted by molar-refractivity contribution is -0.137. The summed E-state index contributed by atoms with van der Waals surface area (Å²) in [6.45, 7) is 4.56. The van der Waals surface area contributed by atoms with Gasteiger partial charge in [0.2, 0.25) is 0 Å². The molecule has 0 aliphatic rings. The molecule has 0 spiro atoms. The van der Waals surface area contributed by atoms with E-state index in [1.807, 2.05) is 13.0 Å². The topological polar surface area (TPSA) is 26.3 Å². The van der Waals surface area contributed by atoms with Crippen LogP contribution in [0.4, 0.5) is 0 Å². The van der Waals surface area contributed by atoms with Crippen molar-refractivity contribution in [2.45, 2.75) is 97.3 Å². The van der Waals surface area contributed by atoms with Crippen LogP contribution < -0.4 is 0 Å². The number of rotatable bonds is 15. The van der Waals surface area contributed by atoms with Crippen molar-refractivity contribution in [3.63, 3.8) is 0 Å². The molecule has 0 radical (unpaired) electrons. The second-order valence-corrected chi connectivity index (χ2v) is 5.83. The first-order chi connectivity index (χ1) is 10.3. The standard InChI is InChI=1S/C19H36O2/c1-3-5-6-7-8-9-10-11-12-13-14-15-16-17-18-19(20)21-4-2/h17-18H,3-16H2,1-2H3. The van der Waals surface area contributed by atoms with Gasteiger partial charge in [-0.2, -0.15) is 0 Å². The molecule has 0 amide bonds. The van der Waals surface area contributed by atoms with E-state index in [-0.39, 0.29) is 5.97 Å². The quantitative estimate of drug-likeness (QED) is 0.204. The van der Waals surface area contributed by atoms with Crippen LogP contribution in [0, 0.1) is 0 Å². The Kier molecular flexibility index (Phi) is 16.6. The monoisotopic (exact) mass is 296 g/mol. The van der Waals surface area contributed by atoms with Gasteiger partial charge in [0.25, 0.3) is 0 Å². The highest BCUT2D eigenvalue weighted by Crippen LogP contribution is 2.12. The maximum atomic E-state index is 11.1. The SMILES string of the molecule is CCCCCCCCCCCCCCC=CC(=O)OCC. The van der Waals surface area contributed by atoms with E-state index < -0.39 is 0 Å². The molecular formula is C19H36O2. The van der Waals surface area contributed by atoms with Gasteiger partial charge in [0.1, 0.15) is 0 Å². The Balaban J connectivity index is 3.10. The van der Waals surface area contributed by atoms with Crippen molar-refractivity contribution < 1.29 is 9.53 Å². The summed E-state index contributed by atoms with van der Waals surface area (Å²) < 4.78 is 4.83. The van der Waals surface area contributed by atoms with Crippen molar-refractivity contribution in [2.24, 2.45) is 0 Å². The number of esters is 1. The van der Waals surface area contributed by atoms with Crippen molar-refractivity contribution >= 4 is 5.97 Å². The molecule has 0 rings (SSSR count). The number of hydrogen-bond acceptors (Lipinski definition) is 2. The van der Waals surface area contributed by atoms with E-state index in [1.165, 1.54) is 77.0 Å². The van der Waals surface area contributed by atoms with E-state index in [0.29, 0.717) is 6.61 Å². The van der Waals surface area contributed by atoms with Crippen LogP contribution in [-0.4, -0.2) is 12.6 Å². The number of hydrogen-bond donors (Lipinski definition) is 0. The molecular weight excluding hydrogens is 260 g/mol. The smallest absolute Gasteiger partial charge is 0.330 e. The van der Waals surface area contributed by atoms with Gasteiger partial charge in [-0.15, -0.1) is 0 Å². The van der Waals surface area contributed by atoms with Gasteiger partial charge in [-0.25, -0.2) is 4.79 Å². The largest absolute Gasteiger partial charge is 0.463 e. The molecule has 0 saturated heterocycles. The van der Waals surface area contributed by atoms with Crippen LogP contribution in [-0.2, 0) is 9.53 Å². The fourth-order valence-corrected chi connectivity index (χ4v) is 2.47. The van der Waals surface area contributed by atoms with Gasteiger partial charge in [0.15, 0.2) is 0 Å².